The molecule has 1 heterocycles. The molecule has 0 unspecified atom stereocenters. The van der Waals surface area contributed by atoms with Crippen LogP contribution in [0.4, 0.5) is 17.1 Å². The highest BCUT2D eigenvalue weighted by atomic mass is 16.3. The first-order chi connectivity index (χ1) is 32.7. The van der Waals surface area contributed by atoms with E-state index in [1.165, 1.54) is 65.3 Å². The number of hydrogen-bond donors (Lipinski definition) is 0. The fourth-order valence-electron chi connectivity index (χ4n) is 10.2. The van der Waals surface area contributed by atoms with Crippen molar-refractivity contribution in [2.45, 2.75) is 0 Å². The summed E-state index contributed by atoms with van der Waals surface area (Å²) in [6.07, 6.45) is 0. The second kappa shape index (κ2) is 15.5. The van der Waals surface area contributed by atoms with E-state index < -0.39 is 0 Å². The van der Waals surface area contributed by atoms with Crippen LogP contribution in [0.15, 0.2) is 253 Å². The van der Waals surface area contributed by atoms with E-state index in [0.717, 1.165) is 61.3 Å². The Labute approximate surface area is 382 Å². The predicted molar refractivity (Wildman–Crippen MR) is 280 cm³/mol. The van der Waals surface area contributed by atoms with Crippen LogP contribution < -0.4 is 4.90 Å². The van der Waals surface area contributed by atoms with Crippen molar-refractivity contribution in [1.29, 1.82) is 0 Å². The Balaban J connectivity index is 0.957. The highest BCUT2D eigenvalue weighted by Crippen LogP contribution is 2.47. The first-order valence-electron chi connectivity index (χ1n) is 22.7. The topological polar surface area (TPSA) is 16.4 Å². The lowest BCUT2D eigenvalue weighted by Gasteiger charge is -2.27. The summed E-state index contributed by atoms with van der Waals surface area (Å²) < 4.78 is 6.87. The molecule has 2 heteroatoms. The SMILES string of the molecule is c1ccc(-c2ccc(-c3ccc(N(c4ccc(-c5ccc6c7ccccc7c7ccccc7c6c5)cc4)c4ccc(-c5ccc6ccccc6c5)c5oc6ccccc6c45)cc3)cc2)cc1. The van der Waals surface area contributed by atoms with Crippen molar-refractivity contribution in [1.82, 2.24) is 0 Å². The summed E-state index contributed by atoms with van der Waals surface area (Å²) in [5, 5.41) is 12.2. The van der Waals surface area contributed by atoms with Crippen molar-refractivity contribution in [3.05, 3.63) is 249 Å². The Bertz CT molecular complexity index is 3920. The van der Waals surface area contributed by atoms with Crippen molar-refractivity contribution >= 4 is 82.1 Å². The lowest BCUT2D eigenvalue weighted by Crippen LogP contribution is -2.10. The minimum Gasteiger partial charge on any atom is -0.455 e. The predicted octanol–water partition coefficient (Wildman–Crippen LogP) is 18.3. The average molecular weight is 840 g/mol. The fraction of sp³-hybridized carbons (Fsp3) is 0. The third kappa shape index (κ3) is 6.34. The molecule has 0 aliphatic carbocycles. The standard InChI is InChI=1S/C64H41NO/c1-2-12-42(13-3-1)44-22-24-45(25-23-44)46-28-33-51(34-29-46)65(61-39-38-53(50-27-26-43-14-4-5-15-48(43)40-50)64-63(61)59-20-10-11-21-62(59)66-64)52-35-30-47(31-36-52)49-32-37-58-56-18-7-6-16-54(56)55-17-8-9-19-57(55)60(58)41-49/h1-41H. The molecule has 0 amide bonds. The molecule has 0 bridgehead atoms. The van der Waals surface area contributed by atoms with Crippen LogP contribution in [0.5, 0.6) is 0 Å². The lowest BCUT2D eigenvalue weighted by molar-refractivity contribution is 0.670. The van der Waals surface area contributed by atoms with E-state index in [1.54, 1.807) is 0 Å². The van der Waals surface area contributed by atoms with Gasteiger partial charge in [-0.25, -0.2) is 0 Å². The maximum Gasteiger partial charge on any atom is 0.145 e. The van der Waals surface area contributed by atoms with Crippen LogP contribution >= 0.6 is 0 Å². The van der Waals surface area contributed by atoms with Crippen LogP contribution in [0.1, 0.15) is 0 Å². The summed E-state index contributed by atoms with van der Waals surface area (Å²) in [6.45, 7) is 0. The molecule has 0 saturated carbocycles. The molecule has 308 valence electrons. The molecule has 13 aromatic rings. The van der Waals surface area contributed by atoms with Gasteiger partial charge in [0.2, 0.25) is 0 Å². The van der Waals surface area contributed by atoms with Gasteiger partial charge in [-0.3, -0.25) is 0 Å². The molecule has 0 fully saturated rings. The molecule has 66 heavy (non-hydrogen) atoms. The highest BCUT2D eigenvalue weighted by Gasteiger charge is 2.23. The van der Waals surface area contributed by atoms with Crippen LogP contribution in [-0.4, -0.2) is 0 Å². The minimum atomic E-state index is 0.864. The van der Waals surface area contributed by atoms with Gasteiger partial charge in [0.05, 0.1) is 11.1 Å². The number of nitrogens with zero attached hydrogens (tertiary/aromatic N) is 1. The van der Waals surface area contributed by atoms with Crippen molar-refractivity contribution in [2.75, 3.05) is 4.90 Å². The van der Waals surface area contributed by atoms with Gasteiger partial charge in [0.1, 0.15) is 11.2 Å². The second-order valence-electron chi connectivity index (χ2n) is 17.2. The van der Waals surface area contributed by atoms with Gasteiger partial charge in [0.15, 0.2) is 0 Å². The number of benzene rings is 12. The first kappa shape index (κ1) is 37.8. The summed E-state index contributed by atoms with van der Waals surface area (Å²) in [6, 6.07) is 90.1. The van der Waals surface area contributed by atoms with Gasteiger partial charge < -0.3 is 9.32 Å². The van der Waals surface area contributed by atoms with Gasteiger partial charge in [0, 0.05) is 22.3 Å². The molecule has 13 rings (SSSR count). The van der Waals surface area contributed by atoms with Crippen molar-refractivity contribution < 1.29 is 4.42 Å². The lowest BCUT2D eigenvalue weighted by atomic mass is 9.92. The normalized spacial score (nSPS) is 11.6. The number of hydrogen-bond acceptors (Lipinski definition) is 2. The monoisotopic (exact) mass is 839 g/mol. The largest absolute Gasteiger partial charge is 0.455 e. The van der Waals surface area contributed by atoms with Crippen LogP contribution in [0.3, 0.4) is 0 Å². The van der Waals surface area contributed by atoms with Gasteiger partial charge in [0.25, 0.3) is 0 Å². The summed E-state index contributed by atoms with van der Waals surface area (Å²) in [4.78, 5) is 2.39. The van der Waals surface area contributed by atoms with Gasteiger partial charge in [-0.05, 0) is 137 Å². The molecule has 0 spiro atoms. The molecule has 0 saturated heterocycles. The summed E-state index contributed by atoms with van der Waals surface area (Å²) in [5.74, 6) is 0. The number of para-hydroxylation sites is 1. The smallest absolute Gasteiger partial charge is 0.145 e. The highest BCUT2D eigenvalue weighted by molar-refractivity contribution is 6.26. The Morgan fingerprint density at radius 2 is 0.727 bits per heavy atom. The van der Waals surface area contributed by atoms with Gasteiger partial charge in [-0.15, -0.1) is 0 Å². The zero-order chi connectivity index (χ0) is 43.6. The van der Waals surface area contributed by atoms with Crippen LogP contribution in [0.2, 0.25) is 0 Å². The first-order valence-corrected chi connectivity index (χ1v) is 22.7. The Morgan fingerprint density at radius 1 is 0.273 bits per heavy atom. The second-order valence-corrected chi connectivity index (χ2v) is 17.2. The zero-order valence-electron chi connectivity index (χ0n) is 36.0. The fourth-order valence-corrected chi connectivity index (χ4v) is 10.2. The van der Waals surface area contributed by atoms with Crippen LogP contribution in [-0.2, 0) is 0 Å². The maximum atomic E-state index is 6.87. The molecule has 12 aromatic carbocycles. The molecule has 0 N–H and O–H groups in total. The zero-order valence-corrected chi connectivity index (χ0v) is 36.0. The van der Waals surface area contributed by atoms with Gasteiger partial charge in [-0.1, -0.05) is 194 Å². The Hall–Kier alpha value is -8.72. The van der Waals surface area contributed by atoms with E-state index in [1.807, 2.05) is 0 Å². The van der Waals surface area contributed by atoms with E-state index in [0.29, 0.717) is 0 Å². The molecule has 0 atom stereocenters. The van der Waals surface area contributed by atoms with Crippen molar-refractivity contribution in [3.63, 3.8) is 0 Å². The number of fused-ring (bicyclic) bond motifs is 10. The molecule has 0 aliphatic heterocycles. The third-order valence-electron chi connectivity index (χ3n) is 13.5. The molecular weight excluding hydrogens is 799 g/mol. The number of rotatable bonds is 7. The molecular formula is C64H41NO. The number of anilines is 3. The molecule has 0 aliphatic rings. The summed E-state index contributed by atoms with van der Waals surface area (Å²) in [5.41, 5.74) is 14.2. The minimum absolute atomic E-state index is 0.864. The van der Waals surface area contributed by atoms with E-state index in [4.69, 9.17) is 4.42 Å². The van der Waals surface area contributed by atoms with Crippen LogP contribution in [0, 0.1) is 0 Å². The Kier molecular flexibility index (Phi) is 8.89. The van der Waals surface area contributed by atoms with Crippen molar-refractivity contribution in [3.8, 4) is 44.5 Å². The Morgan fingerprint density at radius 3 is 1.36 bits per heavy atom. The average Bonchev–Trinajstić information content (AvgIpc) is 3.79. The van der Waals surface area contributed by atoms with E-state index in [2.05, 4.69) is 254 Å². The molecule has 1 aromatic heterocycles. The molecule has 0 radical (unpaired) electrons. The van der Waals surface area contributed by atoms with Gasteiger partial charge in [-0.2, -0.15) is 0 Å². The van der Waals surface area contributed by atoms with Gasteiger partial charge >= 0.3 is 0 Å². The number of furan rings is 1. The van der Waals surface area contributed by atoms with Crippen molar-refractivity contribution in [2.24, 2.45) is 0 Å². The van der Waals surface area contributed by atoms with E-state index in [9.17, 15) is 0 Å². The third-order valence-corrected chi connectivity index (χ3v) is 13.5. The van der Waals surface area contributed by atoms with Crippen LogP contribution in [0.25, 0.3) is 110 Å². The maximum absolute atomic E-state index is 6.87. The molecule has 2 nitrogen and oxygen atoms in total. The summed E-state index contributed by atoms with van der Waals surface area (Å²) in [7, 11) is 0. The van der Waals surface area contributed by atoms with E-state index in [-0.39, 0.29) is 0 Å². The quantitative estimate of drug-likeness (QED) is 0.149. The summed E-state index contributed by atoms with van der Waals surface area (Å²) >= 11 is 0. The van der Waals surface area contributed by atoms with E-state index >= 15 is 0 Å².